The molecule has 3 rings (SSSR count). The topological polar surface area (TPSA) is 96.0 Å². The number of anilines is 1. The quantitative estimate of drug-likeness (QED) is 0.306. The third-order valence-electron chi connectivity index (χ3n) is 6.41. The fourth-order valence-electron chi connectivity index (χ4n) is 4.47. The summed E-state index contributed by atoms with van der Waals surface area (Å²) >= 11 is 0. The van der Waals surface area contributed by atoms with E-state index >= 15 is 0 Å². The number of nitrogens with zero attached hydrogens (tertiary/aromatic N) is 2. The summed E-state index contributed by atoms with van der Waals surface area (Å²) in [5.41, 5.74) is 0.870. The van der Waals surface area contributed by atoms with Crippen LogP contribution >= 0.6 is 0 Å². The molecule has 0 aliphatic rings. The van der Waals surface area contributed by atoms with Crippen molar-refractivity contribution in [1.82, 2.24) is 10.2 Å². The molecule has 0 spiro atoms. The van der Waals surface area contributed by atoms with Crippen molar-refractivity contribution in [3.05, 3.63) is 90.5 Å². The maximum absolute atomic E-state index is 14.1. The van der Waals surface area contributed by atoms with Crippen LogP contribution in [0.25, 0.3) is 0 Å². The van der Waals surface area contributed by atoms with Gasteiger partial charge in [0.15, 0.2) is 0 Å². The Bertz CT molecular complexity index is 1370. The van der Waals surface area contributed by atoms with Gasteiger partial charge in [0.25, 0.3) is 10.0 Å². The largest absolute Gasteiger partial charge is 0.494 e. The van der Waals surface area contributed by atoms with Gasteiger partial charge in [-0.3, -0.25) is 13.9 Å². The number of rotatable bonds is 13. The van der Waals surface area contributed by atoms with E-state index in [1.165, 1.54) is 17.0 Å². The van der Waals surface area contributed by atoms with E-state index in [9.17, 15) is 18.0 Å². The van der Waals surface area contributed by atoms with Gasteiger partial charge in [-0.25, -0.2) is 8.42 Å². The van der Waals surface area contributed by atoms with Gasteiger partial charge in [0.2, 0.25) is 11.8 Å². The SMILES string of the molecule is CCOc1ccc(S(=O)(=O)N(CC(=O)N(CCc2ccccc2)[C@H](CC)C(=O)NC(C)(C)C)c2ccccc2)cc1. The lowest BCUT2D eigenvalue weighted by Gasteiger charge is -2.34. The van der Waals surface area contributed by atoms with Gasteiger partial charge in [0.1, 0.15) is 18.3 Å². The summed E-state index contributed by atoms with van der Waals surface area (Å²) in [6.07, 6.45) is 0.891. The van der Waals surface area contributed by atoms with E-state index in [-0.39, 0.29) is 17.3 Å². The van der Waals surface area contributed by atoms with Gasteiger partial charge in [-0.1, -0.05) is 55.5 Å². The lowest BCUT2D eigenvalue weighted by Crippen LogP contribution is -2.56. The Morgan fingerprint density at radius 1 is 0.878 bits per heavy atom. The first-order chi connectivity index (χ1) is 19.5. The van der Waals surface area contributed by atoms with E-state index in [4.69, 9.17) is 4.74 Å². The Morgan fingerprint density at radius 3 is 2.00 bits per heavy atom. The summed E-state index contributed by atoms with van der Waals surface area (Å²) in [6, 6.07) is 23.6. The van der Waals surface area contributed by atoms with Crippen LogP contribution in [-0.2, 0) is 26.0 Å². The molecule has 1 N–H and O–H groups in total. The molecule has 1 atom stereocenters. The molecule has 0 aliphatic carbocycles. The minimum Gasteiger partial charge on any atom is -0.494 e. The molecule has 8 nitrogen and oxygen atoms in total. The summed E-state index contributed by atoms with van der Waals surface area (Å²) < 4.78 is 34.4. The van der Waals surface area contributed by atoms with Crippen LogP contribution in [0.2, 0.25) is 0 Å². The van der Waals surface area contributed by atoms with E-state index in [0.717, 1.165) is 9.87 Å². The fraction of sp³-hybridized carbons (Fsp3) is 0.375. The van der Waals surface area contributed by atoms with Crippen molar-refractivity contribution in [2.45, 2.75) is 63.9 Å². The predicted octanol–water partition coefficient (Wildman–Crippen LogP) is 5.05. The first kappa shape index (κ1) is 31.7. The van der Waals surface area contributed by atoms with E-state index in [2.05, 4.69) is 5.32 Å². The smallest absolute Gasteiger partial charge is 0.264 e. The second-order valence-corrected chi connectivity index (χ2v) is 12.6. The molecule has 220 valence electrons. The zero-order valence-electron chi connectivity index (χ0n) is 24.5. The summed E-state index contributed by atoms with van der Waals surface area (Å²) in [6.45, 7) is 9.59. The number of carbonyl (C=O) groups excluding carboxylic acids is 2. The Labute approximate surface area is 244 Å². The van der Waals surface area contributed by atoms with Crippen LogP contribution in [0.4, 0.5) is 5.69 Å². The Morgan fingerprint density at radius 2 is 1.46 bits per heavy atom. The number of para-hydroxylation sites is 1. The van der Waals surface area contributed by atoms with E-state index < -0.39 is 34.1 Å². The monoisotopic (exact) mass is 579 g/mol. The molecule has 0 bridgehead atoms. The first-order valence-electron chi connectivity index (χ1n) is 13.9. The highest BCUT2D eigenvalue weighted by atomic mass is 32.2. The predicted molar refractivity (Wildman–Crippen MR) is 162 cm³/mol. The Kier molecular flexibility index (Phi) is 10.9. The molecule has 0 aromatic heterocycles. The number of ether oxygens (including phenoxy) is 1. The van der Waals surface area contributed by atoms with Gasteiger partial charge < -0.3 is 15.0 Å². The summed E-state index contributed by atoms with van der Waals surface area (Å²) in [5.74, 6) is -0.186. The second-order valence-electron chi connectivity index (χ2n) is 10.7. The van der Waals surface area contributed by atoms with Crippen molar-refractivity contribution in [1.29, 1.82) is 0 Å². The molecule has 0 saturated carbocycles. The van der Waals surface area contributed by atoms with Crippen LogP contribution in [0.3, 0.4) is 0 Å². The van der Waals surface area contributed by atoms with Crippen LogP contribution in [0.15, 0.2) is 89.8 Å². The van der Waals surface area contributed by atoms with Gasteiger partial charge in [0, 0.05) is 12.1 Å². The molecule has 2 amide bonds. The number of hydrogen-bond donors (Lipinski definition) is 1. The molecular weight excluding hydrogens is 538 g/mol. The third-order valence-corrected chi connectivity index (χ3v) is 8.20. The highest BCUT2D eigenvalue weighted by Crippen LogP contribution is 2.26. The van der Waals surface area contributed by atoms with Gasteiger partial charge in [-0.05, 0) is 82.5 Å². The molecule has 0 saturated heterocycles. The van der Waals surface area contributed by atoms with Gasteiger partial charge >= 0.3 is 0 Å². The van der Waals surface area contributed by atoms with Crippen LogP contribution in [-0.4, -0.2) is 56.4 Å². The van der Waals surface area contributed by atoms with Crippen molar-refractivity contribution < 1.29 is 22.7 Å². The molecule has 0 heterocycles. The van der Waals surface area contributed by atoms with Gasteiger partial charge in [-0.2, -0.15) is 0 Å². The molecule has 3 aromatic rings. The molecule has 41 heavy (non-hydrogen) atoms. The fourth-order valence-corrected chi connectivity index (χ4v) is 5.89. The van der Waals surface area contributed by atoms with Crippen LogP contribution in [0.1, 0.15) is 46.6 Å². The van der Waals surface area contributed by atoms with Crippen molar-refractivity contribution in [2.75, 3.05) is 24.0 Å². The van der Waals surface area contributed by atoms with Crippen molar-refractivity contribution in [3.8, 4) is 5.75 Å². The number of carbonyl (C=O) groups is 2. The molecular formula is C32H41N3O5S. The van der Waals surface area contributed by atoms with E-state index in [0.29, 0.717) is 30.9 Å². The van der Waals surface area contributed by atoms with Gasteiger partial charge in [0.05, 0.1) is 17.2 Å². The third kappa shape index (κ3) is 8.82. The number of benzene rings is 3. The number of nitrogens with one attached hydrogen (secondary N) is 1. The van der Waals surface area contributed by atoms with Crippen molar-refractivity contribution >= 4 is 27.5 Å². The molecule has 0 fully saturated rings. The van der Waals surface area contributed by atoms with E-state index in [1.807, 2.05) is 65.0 Å². The normalized spacial score (nSPS) is 12.3. The summed E-state index contributed by atoms with van der Waals surface area (Å²) in [5, 5.41) is 2.98. The maximum Gasteiger partial charge on any atom is 0.264 e. The van der Waals surface area contributed by atoms with Crippen LogP contribution < -0.4 is 14.4 Å². The standard InChI is InChI=1S/C32H41N3O5S/c1-6-29(31(37)33-32(3,4)5)34(23-22-25-14-10-8-11-15-25)30(36)24-35(26-16-12-9-13-17-26)41(38,39)28-20-18-27(19-21-28)40-7-2/h8-21,29H,6-7,22-24H2,1-5H3,(H,33,37)/t29-/m1/s1. The second kappa shape index (κ2) is 14.2. The lowest BCUT2D eigenvalue weighted by atomic mass is 10.1. The molecule has 0 radical (unpaired) electrons. The van der Waals surface area contributed by atoms with E-state index in [1.54, 1.807) is 42.5 Å². The highest BCUT2D eigenvalue weighted by molar-refractivity contribution is 7.92. The molecule has 0 unspecified atom stereocenters. The number of amides is 2. The number of sulfonamides is 1. The van der Waals surface area contributed by atoms with Crippen molar-refractivity contribution in [2.24, 2.45) is 0 Å². The molecule has 3 aromatic carbocycles. The molecule has 0 aliphatic heterocycles. The zero-order chi connectivity index (χ0) is 30.0. The maximum atomic E-state index is 14.1. The average molecular weight is 580 g/mol. The highest BCUT2D eigenvalue weighted by Gasteiger charge is 2.34. The minimum absolute atomic E-state index is 0.0333. The average Bonchev–Trinajstić information content (AvgIpc) is 2.94. The van der Waals surface area contributed by atoms with Crippen molar-refractivity contribution in [3.63, 3.8) is 0 Å². The van der Waals surface area contributed by atoms with Crippen LogP contribution in [0, 0.1) is 0 Å². The number of hydrogen-bond acceptors (Lipinski definition) is 5. The Hall–Kier alpha value is -3.85. The summed E-state index contributed by atoms with van der Waals surface area (Å²) in [4.78, 5) is 29.0. The zero-order valence-corrected chi connectivity index (χ0v) is 25.4. The van der Waals surface area contributed by atoms with Gasteiger partial charge in [-0.15, -0.1) is 0 Å². The first-order valence-corrected chi connectivity index (χ1v) is 15.4. The lowest BCUT2D eigenvalue weighted by molar-refractivity contribution is -0.140. The molecule has 9 heteroatoms. The summed E-state index contributed by atoms with van der Waals surface area (Å²) in [7, 11) is -4.13. The Balaban J connectivity index is 1.99. The van der Waals surface area contributed by atoms with Crippen LogP contribution in [0.5, 0.6) is 5.75 Å². The minimum atomic E-state index is -4.13.